The Morgan fingerprint density at radius 2 is 1.89 bits per heavy atom. The third-order valence-electron chi connectivity index (χ3n) is 5.40. The van der Waals surface area contributed by atoms with E-state index in [9.17, 15) is 18.0 Å². The quantitative estimate of drug-likeness (QED) is 0.784. The normalized spacial score (nSPS) is 19.2. The molecule has 1 spiro atoms. The molecule has 0 unspecified atom stereocenters. The highest BCUT2D eigenvalue weighted by atomic mass is 19.4. The lowest BCUT2D eigenvalue weighted by atomic mass is 9.84. The van der Waals surface area contributed by atoms with Gasteiger partial charge in [0.25, 0.3) is 5.91 Å². The fourth-order valence-corrected chi connectivity index (χ4v) is 3.90. The Bertz CT molecular complexity index is 706. The number of hydrogen-bond acceptors (Lipinski definition) is 4. The molecule has 6 nitrogen and oxygen atoms in total. The average Bonchev–Trinajstić information content (AvgIpc) is 3.22. The van der Waals surface area contributed by atoms with Gasteiger partial charge >= 0.3 is 12.1 Å². The van der Waals surface area contributed by atoms with Gasteiger partial charge in [0.2, 0.25) is 0 Å². The number of aliphatic carboxylic acids is 1. The van der Waals surface area contributed by atoms with Crippen LogP contribution in [0, 0.1) is 6.92 Å². The number of aryl methyl sites for hydroxylation is 1. The molecule has 1 aromatic heterocycles. The van der Waals surface area contributed by atoms with E-state index in [1.165, 1.54) is 19.4 Å². The van der Waals surface area contributed by atoms with E-state index in [4.69, 9.17) is 14.3 Å². The van der Waals surface area contributed by atoms with Crippen LogP contribution < -0.4 is 0 Å². The van der Waals surface area contributed by atoms with E-state index in [1.807, 2.05) is 17.9 Å². The lowest BCUT2D eigenvalue weighted by Crippen LogP contribution is -2.53. The van der Waals surface area contributed by atoms with E-state index >= 15 is 0 Å². The van der Waals surface area contributed by atoms with E-state index in [0.29, 0.717) is 11.1 Å². The van der Waals surface area contributed by atoms with Crippen LogP contribution in [-0.2, 0) is 4.79 Å². The molecule has 2 aliphatic heterocycles. The summed E-state index contributed by atoms with van der Waals surface area (Å²) in [7, 11) is 0. The predicted octanol–water partition coefficient (Wildman–Crippen LogP) is 3.48. The third-order valence-corrected chi connectivity index (χ3v) is 5.40. The first-order valence-electron chi connectivity index (χ1n) is 9.10. The van der Waals surface area contributed by atoms with Gasteiger partial charge in [0.1, 0.15) is 5.76 Å². The molecular formula is C19H25F3N2O4. The van der Waals surface area contributed by atoms with Crippen LogP contribution in [0.25, 0.3) is 0 Å². The molecule has 0 radical (unpaired) electrons. The highest BCUT2D eigenvalue weighted by Crippen LogP contribution is 2.38. The summed E-state index contributed by atoms with van der Waals surface area (Å²) >= 11 is 0. The maximum absolute atomic E-state index is 12.5. The molecule has 2 fully saturated rings. The molecule has 1 amide bonds. The number of furan rings is 1. The van der Waals surface area contributed by atoms with Gasteiger partial charge in [0.15, 0.2) is 0 Å². The number of amides is 1. The van der Waals surface area contributed by atoms with Gasteiger partial charge in [-0.1, -0.05) is 6.08 Å². The number of carbonyl (C=O) groups excluding carboxylic acids is 1. The van der Waals surface area contributed by atoms with Gasteiger partial charge in [-0.15, -0.1) is 6.58 Å². The Morgan fingerprint density at radius 1 is 1.29 bits per heavy atom. The van der Waals surface area contributed by atoms with E-state index in [0.717, 1.165) is 38.2 Å². The highest BCUT2D eigenvalue weighted by molar-refractivity contribution is 5.95. The molecule has 0 aromatic carbocycles. The minimum atomic E-state index is -5.08. The smallest absolute Gasteiger partial charge is 0.475 e. The molecule has 2 aliphatic rings. The maximum atomic E-state index is 12.5. The molecule has 0 saturated carbocycles. The third kappa shape index (κ3) is 4.95. The van der Waals surface area contributed by atoms with Crippen molar-refractivity contribution in [3.63, 3.8) is 0 Å². The summed E-state index contributed by atoms with van der Waals surface area (Å²) in [4.78, 5) is 26.0. The molecule has 9 heteroatoms. The summed E-state index contributed by atoms with van der Waals surface area (Å²) in [5, 5.41) is 7.12. The minimum Gasteiger partial charge on any atom is -0.475 e. The van der Waals surface area contributed by atoms with E-state index in [1.54, 1.807) is 12.3 Å². The Morgan fingerprint density at radius 3 is 2.36 bits per heavy atom. The molecule has 3 heterocycles. The molecule has 0 aliphatic carbocycles. The minimum absolute atomic E-state index is 0.115. The van der Waals surface area contributed by atoms with Crippen LogP contribution in [0.1, 0.15) is 41.8 Å². The molecule has 2 saturated heterocycles. The second-order valence-corrected chi connectivity index (χ2v) is 7.05. The molecule has 1 N–H and O–H groups in total. The van der Waals surface area contributed by atoms with Gasteiger partial charge in [-0.25, -0.2) is 4.79 Å². The number of carboxylic acids is 1. The number of halogens is 3. The van der Waals surface area contributed by atoms with Crippen LogP contribution in [0.3, 0.4) is 0 Å². The van der Waals surface area contributed by atoms with E-state index < -0.39 is 12.1 Å². The number of nitrogens with zero attached hydrogens (tertiary/aromatic N) is 2. The SMILES string of the molecule is C=CCN1CCCC12CCN(C(=O)c1ccoc1C)CC2.O=C(O)C(F)(F)F. The van der Waals surface area contributed by atoms with Crippen LogP contribution in [-0.4, -0.2) is 64.7 Å². The van der Waals surface area contributed by atoms with Crippen molar-refractivity contribution < 1.29 is 32.3 Å². The average molecular weight is 402 g/mol. The molecule has 3 rings (SSSR count). The summed E-state index contributed by atoms with van der Waals surface area (Å²) in [6.45, 7) is 9.54. The number of piperidine rings is 1. The molecule has 1 aromatic rings. The van der Waals surface area contributed by atoms with E-state index in [-0.39, 0.29) is 5.91 Å². The molecular weight excluding hydrogens is 377 g/mol. The van der Waals surface area contributed by atoms with Gasteiger partial charge in [-0.2, -0.15) is 13.2 Å². The zero-order chi connectivity index (χ0) is 20.9. The fourth-order valence-electron chi connectivity index (χ4n) is 3.90. The van der Waals surface area contributed by atoms with Crippen molar-refractivity contribution in [2.45, 2.75) is 44.3 Å². The lowest BCUT2D eigenvalue weighted by molar-refractivity contribution is -0.192. The van der Waals surface area contributed by atoms with Crippen LogP contribution in [0.4, 0.5) is 13.2 Å². The van der Waals surface area contributed by atoms with Crippen molar-refractivity contribution in [2.24, 2.45) is 0 Å². The second-order valence-electron chi connectivity index (χ2n) is 7.05. The van der Waals surface area contributed by atoms with Crippen LogP contribution in [0.5, 0.6) is 0 Å². The maximum Gasteiger partial charge on any atom is 0.490 e. The topological polar surface area (TPSA) is 74.0 Å². The van der Waals surface area contributed by atoms with Crippen molar-refractivity contribution >= 4 is 11.9 Å². The first-order chi connectivity index (χ1) is 13.1. The number of rotatable bonds is 3. The summed E-state index contributed by atoms with van der Waals surface area (Å²) in [6, 6.07) is 1.78. The Labute approximate surface area is 161 Å². The van der Waals surface area contributed by atoms with Gasteiger partial charge in [0.05, 0.1) is 11.8 Å². The highest BCUT2D eigenvalue weighted by Gasteiger charge is 2.43. The van der Waals surface area contributed by atoms with Gasteiger partial charge < -0.3 is 14.4 Å². The zero-order valence-electron chi connectivity index (χ0n) is 15.8. The van der Waals surface area contributed by atoms with Crippen molar-refractivity contribution in [1.82, 2.24) is 9.80 Å². The number of carboxylic acid groups (broad SMARTS) is 1. The summed E-state index contributed by atoms with van der Waals surface area (Å²) in [6.07, 6.45) is 3.18. The number of carbonyl (C=O) groups is 2. The van der Waals surface area contributed by atoms with Crippen molar-refractivity contribution in [2.75, 3.05) is 26.2 Å². The van der Waals surface area contributed by atoms with Crippen molar-refractivity contribution in [3.8, 4) is 0 Å². The Kier molecular flexibility index (Phi) is 6.92. The molecule has 0 atom stereocenters. The van der Waals surface area contributed by atoms with Crippen LogP contribution >= 0.6 is 0 Å². The second kappa shape index (κ2) is 8.81. The number of likely N-dealkylation sites (tertiary alicyclic amines) is 2. The lowest BCUT2D eigenvalue weighted by Gasteiger charge is -2.44. The monoisotopic (exact) mass is 402 g/mol. The van der Waals surface area contributed by atoms with Crippen LogP contribution in [0.2, 0.25) is 0 Å². The zero-order valence-corrected chi connectivity index (χ0v) is 15.8. The first-order valence-corrected chi connectivity index (χ1v) is 9.10. The van der Waals surface area contributed by atoms with Crippen molar-refractivity contribution in [3.05, 3.63) is 36.3 Å². The van der Waals surface area contributed by atoms with E-state index in [2.05, 4.69) is 11.5 Å². The van der Waals surface area contributed by atoms with Gasteiger partial charge in [0, 0.05) is 25.2 Å². The molecule has 28 heavy (non-hydrogen) atoms. The van der Waals surface area contributed by atoms with Gasteiger partial charge in [-0.3, -0.25) is 9.69 Å². The summed E-state index contributed by atoms with van der Waals surface area (Å²) < 4.78 is 37.0. The largest absolute Gasteiger partial charge is 0.490 e. The number of alkyl halides is 3. The standard InChI is InChI=1S/C17H24N2O2.C2HF3O2/c1-3-9-19-10-4-6-17(19)7-11-18(12-8-17)16(20)15-5-13-21-14(15)2;3-2(4,5)1(6)7/h3,5,13H,1,4,6-12H2,2H3;(H,6,7). The number of hydrogen-bond donors (Lipinski definition) is 1. The summed E-state index contributed by atoms with van der Waals surface area (Å²) in [5.41, 5.74) is 1.01. The van der Waals surface area contributed by atoms with Gasteiger partial charge in [-0.05, 0) is 45.2 Å². The first kappa shape index (κ1) is 22.0. The summed E-state index contributed by atoms with van der Waals surface area (Å²) in [5.74, 6) is -1.92. The molecule has 0 bridgehead atoms. The Balaban J connectivity index is 0.000000345. The predicted molar refractivity (Wildman–Crippen MR) is 96.0 cm³/mol. The fraction of sp³-hybridized carbons (Fsp3) is 0.579. The molecule has 156 valence electrons. The van der Waals surface area contributed by atoms with Crippen LogP contribution in [0.15, 0.2) is 29.4 Å². The Hall–Kier alpha value is -2.29. The van der Waals surface area contributed by atoms with Crippen molar-refractivity contribution in [1.29, 1.82) is 0 Å².